The third kappa shape index (κ3) is 5.94. The van der Waals surface area contributed by atoms with Crippen LogP contribution in [0.5, 0.6) is 5.75 Å². The van der Waals surface area contributed by atoms with Gasteiger partial charge in [0.15, 0.2) is 5.69 Å². The number of benzene rings is 2. The first-order chi connectivity index (χ1) is 21.6. The van der Waals surface area contributed by atoms with Gasteiger partial charge in [-0.25, -0.2) is 13.5 Å². The minimum absolute atomic E-state index is 0.0167. The number of hydrogen-bond donors (Lipinski definition) is 1. The molecule has 9 nitrogen and oxygen atoms in total. The van der Waals surface area contributed by atoms with E-state index >= 15 is 0 Å². The molecule has 0 radical (unpaired) electrons. The molecule has 0 saturated carbocycles. The van der Waals surface area contributed by atoms with Gasteiger partial charge in [0.05, 0.1) is 55.3 Å². The summed E-state index contributed by atoms with van der Waals surface area (Å²) in [6.07, 6.45) is -0.759. The number of piperidine rings is 1. The van der Waals surface area contributed by atoms with Crippen LogP contribution in [0.2, 0.25) is 0 Å². The fraction of sp³-hybridized carbons (Fsp3) is 0.323. The van der Waals surface area contributed by atoms with Crippen molar-refractivity contribution < 1.29 is 36.2 Å². The van der Waals surface area contributed by atoms with Crippen LogP contribution in [0.25, 0.3) is 16.9 Å². The average Bonchev–Trinajstić information content (AvgIpc) is 3.39. The van der Waals surface area contributed by atoms with Crippen molar-refractivity contribution in [1.82, 2.24) is 25.0 Å². The van der Waals surface area contributed by atoms with Crippen LogP contribution in [-0.2, 0) is 10.9 Å². The zero-order valence-corrected chi connectivity index (χ0v) is 24.2. The lowest BCUT2D eigenvalue weighted by atomic mass is 9.85. The van der Waals surface area contributed by atoms with Gasteiger partial charge < -0.3 is 19.3 Å². The fourth-order valence-electron chi connectivity index (χ4n) is 5.90. The van der Waals surface area contributed by atoms with Gasteiger partial charge in [0, 0.05) is 43.2 Å². The van der Waals surface area contributed by atoms with Crippen LogP contribution in [0.4, 0.5) is 27.6 Å². The number of likely N-dealkylation sites (tertiary alicyclic amines) is 1. The van der Waals surface area contributed by atoms with E-state index in [0.29, 0.717) is 74.7 Å². The quantitative estimate of drug-likeness (QED) is 0.302. The maximum absolute atomic E-state index is 14.6. The molecule has 45 heavy (non-hydrogen) atoms. The molecule has 1 N–H and O–H groups in total. The summed E-state index contributed by atoms with van der Waals surface area (Å²) in [5.74, 6) is -1.89. The molecule has 2 fully saturated rings. The molecule has 6 rings (SSSR count). The summed E-state index contributed by atoms with van der Waals surface area (Å²) >= 11 is 0. The number of methoxy groups -OCH3 is 1. The monoisotopic (exact) mass is 628 g/mol. The largest absolute Gasteiger partial charge is 0.494 e. The summed E-state index contributed by atoms with van der Waals surface area (Å²) in [7, 11) is 1.48. The Morgan fingerprint density at radius 1 is 1.07 bits per heavy atom. The summed E-state index contributed by atoms with van der Waals surface area (Å²) in [6, 6.07) is 11.8. The molecule has 14 heteroatoms. The smallest absolute Gasteiger partial charge is 0.419 e. The normalized spacial score (nSPS) is 16.9. The van der Waals surface area contributed by atoms with E-state index in [-0.39, 0.29) is 17.3 Å². The zero-order valence-electron chi connectivity index (χ0n) is 24.2. The second kappa shape index (κ2) is 12.1. The van der Waals surface area contributed by atoms with Gasteiger partial charge in [-0.15, -0.1) is 0 Å². The Balaban J connectivity index is 1.29. The van der Waals surface area contributed by atoms with Crippen LogP contribution in [0.1, 0.15) is 28.9 Å². The lowest BCUT2D eigenvalue weighted by Crippen LogP contribution is -2.59. The van der Waals surface area contributed by atoms with Gasteiger partial charge >= 0.3 is 6.18 Å². The van der Waals surface area contributed by atoms with E-state index in [0.717, 1.165) is 12.1 Å². The Morgan fingerprint density at radius 2 is 1.87 bits per heavy atom. The Bertz CT molecular complexity index is 1690. The number of rotatable bonds is 5. The molecule has 1 amide bonds. The number of carbonyl (C=O) groups excluding carboxylic acids is 1. The third-order valence-corrected chi connectivity index (χ3v) is 8.22. The molecule has 1 spiro atoms. The van der Waals surface area contributed by atoms with Gasteiger partial charge in [-0.3, -0.25) is 15.1 Å². The topological polar surface area (TPSA) is 84.8 Å². The van der Waals surface area contributed by atoms with Crippen molar-refractivity contribution in [2.75, 3.05) is 45.1 Å². The molecule has 2 aromatic carbocycles. The number of hydrogen-bond acceptors (Lipinski definition) is 7. The first-order valence-electron chi connectivity index (χ1n) is 14.2. The molecular weight excluding hydrogens is 599 g/mol. The maximum atomic E-state index is 14.6. The second-order valence-corrected chi connectivity index (χ2v) is 10.9. The third-order valence-electron chi connectivity index (χ3n) is 8.22. The van der Waals surface area contributed by atoms with E-state index in [1.165, 1.54) is 36.2 Å². The number of halogens is 5. The number of aromatic nitrogens is 3. The summed E-state index contributed by atoms with van der Waals surface area (Å²) in [5.41, 5.74) is -0.274. The predicted molar refractivity (Wildman–Crippen MR) is 154 cm³/mol. The van der Waals surface area contributed by atoms with Crippen molar-refractivity contribution in [3.63, 3.8) is 0 Å². The van der Waals surface area contributed by atoms with Gasteiger partial charge in [-0.05, 0) is 55.3 Å². The SMILES string of the molecule is COc1cc(F)ccc1N1CNCOCC12CCN(C(=O)c1cc(-c3cccnc3)n(-c3ccc(C(F)(F)F)c(F)c3)n1)CC2. The number of anilines is 1. The van der Waals surface area contributed by atoms with E-state index in [1.807, 2.05) is 0 Å². The Hall–Kier alpha value is -4.56. The van der Waals surface area contributed by atoms with E-state index in [9.17, 15) is 26.7 Å². The van der Waals surface area contributed by atoms with Crippen LogP contribution in [0.15, 0.2) is 67.0 Å². The lowest BCUT2D eigenvalue weighted by Gasteiger charge is -2.48. The molecule has 2 aromatic heterocycles. The van der Waals surface area contributed by atoms with E-state index in [4.69, 9.17) is 9.47 Å². The summed E-state index contributed by atoms with van der Waals surface area (Å²) < 4.78 is 80.8. The van der Waals surface area contributed by atoms with E-state index in [1.54, 1.807) is 29.3 Å². The van der Waals surface area contributed by atoms with Crippen LogP contribution >= 0.6 is 0 Å². The summed E-state index contributed by atoms with van der Waals surface area (Å²) in [6.45, 7) is 1.78. The van der Waals surface area contributed by atoms with Crippen molar-refractivity contribution in [3.8, 4) is 22.7 Å². The summed E-state index contributed by atoms with van der Waals surface area (Å²) in [5, 5.41) is 7.65. The number of nitrogens with one attached hydrogen (secondary N) is 1. The average molecular weight is 629 g/mol. The van der Waals surface area contributed by atoms with Crippen molar-refractivity contribution in [2.24, 2.45) is 0 Å². The molecule has 2 saturated heterocycles. The number of nitrogens with zero attached hydrogens (tertiary/aromatic N) is 5. The first-order valence-corrected chi connectivity index (χ1v) is 14.2. The number of ether oxygens (including phenoxy) is 2. The Morgan fingerprint density at radius 3 is 2.56 bits per heavy atom. The van der Waals surface area contributed by atoms with Crippen molar-refractivity contribution >= 4 is 11.6 Å². The van der Waals surface area contributed by atoms with Crippen molar-refractivity contribution in [3.05, 3.63) is 89.9 Å². The highest BCUT2D eigenvalue weighted by Crippen LogP contribution is 2.40. The molecule has 0 unspecified atom stereocenters. The highest BCUT2D eigenvalue weighted by molar-refractivity contribution is 5.93. The van der Waals surface area contributed by atoms with Crippen LogP contribution in [0, 0.1) is 11.6 Å². The minimum atomic E-state index is -4.86. The van der Waals surface area contributed by atoms with Gasteiger partial charge in [-0.2, -0.15) is 18.3 Å². The molecule has 236 valence electrons. The fourth-order valence-corrected chi connectivity index (χ4v) is 5.90. The zero-order chi connectivity index (χ0) is 31.8. The van der Waals surface area contributed by atoms with E-state index in [2.05, 4.69) is 20.3 Å². The number of amides is 1. The number of pyridine rings is 1. The highest BCUT2D eigenvalue weighted by atomic mass is 19.4. The van der Waals surface area contributed by atoms with E-state index < -0.39 is 28.9 Å². The van der Waals surface area contributed by atoms with Gasteiger partial charge in [-0.1, -0.05) is 0 Å². The van der Waals surface area contributed by atoms with Crippen LogP contribution in [0.3, 0.4) is 0 Å². The highest BCUT2D eigenvalue weighted by Gasteiger charge is 2.44. The van der Waals surface area contributed by atoms with Crippen LogP contribution in [-0.4, -0.2) is 71.3 Å². The molecule has 0 bridgehead atoms. The standard InChI is InChI=1S/C31H29F5N6O3/c1-44-28-13-21(32)4-7-26(28)41-18-38-19-45-17-30(41)8-11-40(12-9-30)29(43)25-15-27(20-3-2-10-37-16-20)42(39-25)22-5-6-23(24(33)14-22)31(34,35)36/h2-7,10,13-16,38H,8-9,11-12,17-19H2,1H3. The number of alkyl halides is 3. The summed E-state index contributed by atoms with van der Waals surface area (Å²) in [4.78, 5) is 21.6. The van der Waals surface area contributed by atoms with Gasteiger partial charge in [0.25, 0.3) is 5.91 Å². The maximum Gasteiger partial charge on any atom is 0.419 e. The molecule has 2 aliphatic rings. The van der Waals surface area contributed by atoms with Gasteiger partial charge in [0.1, 0.15) is 17.4 Å². The predicted octanol–water partition coefficient (Wildman–Crippen LogP) is 5.26. The van der Waals surface area contributed by atoms with Gasteiger partial charge in [0.2, 0.25) is 0 Å². The lowest BCUT2D eigenvalue weighted by molar-refractivity contribution is -0.140. The minimum Gasteiger partial charge on any atom is -0.494 e. The van der Waals surface area contributed by atoms with Crippen molar-refractivity contribution in [1.29, 1.82) is 0 Å². The molecule has 4 heterocycles. The molecule has 0 aliphatic carbocycles. The van der Waals surface area contributed by atoms with Crippen molar-refractivity contribution in [2.45, 2.75) is 24.6 Å². The molecular formula is C31H29F5N6O3. The van der Waals surface area contributed by atoms with Crippen LogP contribution < -0.4 is 15.0 Å². The Kier molecular flexibility index (Phi) is 8.18. The number of carbonyl (C=O) groups is 1. The Labute approximate surface area is 255 Å². The first kappa shape index (κ1) is 30.5. The molecule has 4 aromatic rings. The molecule has 2 aliphatic heterocycles. The second-order valence-electron chi connectivity index (χ2n) is 10.9. The molecule has 0 atom stereocenters.